The van der Waals surface area contributed by atoms with Gasteiger partial charge in [-0.3, -0.25) is 9.78 Å². The summed E-state index contributed by atoms with van der Waals surface area (Å²) in [4.78, 5) is 18.0. The molecule has 0 aliphatic carbocycles. The number of phenolic OH excluding ortho intramolecular Hbond substituents is 2. The largest absolute Gasteiger partial charge is 0.504 e. The third-order valence-electron chi connectivity index (χ3n) is 3.01. The summed E-state index contributed by atoms with van der Waals surface area (Å²) in [5.41, 5.74) is 1.33. The van der Waals surface area contributed by atoms with Gasteiger partial charge in [0.15, 0.2) is 11.5 Å². The fourth-order valence-corrected chi connectivity index (χ4v) is 1.87. The zero-order valence-electron chi connectivity index (χ0n) is 11.2. The molecule has 1 heterocycles. The maximum atomic E-state index is 12.4. The van der Waals surface area contributed by atoms with Crippen LogP contribution in [-0.4, -0.2) is 32.5 Å². The van der Waals surface area contributed by atoms with Gasteiger partial charge in [0.2, 0.25) is 0 Å². The molecule has 0 unspecified atom stereocenters. The molecular formula is C15H16N2O3. The Balaban J connectivity index is 2.18. The standard InChI is InChI=1S/C15H16N2O3/c1-2-17(10-11-5-7-16-8-6-11)15(20)12-3-4-13(18)14(19)9-12/h3-9,18-19H,2,10H2,1H3. The van der Waals surface area contributed by atoms with Gasteiger partial charge in [-0.25, -0.2) is 0 Å². The molecule has 2 aromatic rings. The van der Waals surface area contributed by atoms with Gasteiger partial charge < -0.3 is 15.1 Å². The number of aromatic hydroxyl groups is 2. The number of carbonyl (C=O) groups excluding carboxylic acids is 1. The zero-order valence-corrected chi connectivity index (χ0v) is 11.2. The lowest BCUT2D eigenvalue weighted by molar-refractivity contribution is 0.0752. The van der Waals surface area contributed by atoms with E-state index < -0.39 is 0 Å². The molecule has 1 amide bonds. The van der Waals surface area contributed by atoms with E-state index in [4.69, 9.17) is 0 Å². The molecule has 0 saturated carbocycles. The molecule has 2 N–H and O–H groups in total. The van der Waals surface area contributed by atoms with Gasteiger partial charge in [0.25, 0.3) is 5.91 Å². The number of carbonyl (C=O) groups is 1. The molecule has 0 bridgehead atoms. The number of pyridine rings is 1. The number of rotatable bonds is 4. The van der Waals surface area contributed by atoms with Crippen molar-refractivity contribution < 1.29 is 15.0 Å². The fraction of sp³-hybridized carbons (Fsp3) is 0.200. The van der Waals surface area contributed by atoms with E-state index in [1.807, 2.05) is 19.1 Å². The van der Waals surface area contributed by atoms with Crippen molar-refractivity contribution in [2.45, 2.75) is 13.5 Å². The first-order valence-corrected chi connectivity index (χ1v) is 6.32. The average molecular weight is 272 g/mol. The molecule has 0 fully saturated rings. The second kappa shape index (κ2) is 6.06. The molecule has 1 aromatic heterocycles. The molecule has 0 radical (unpaired) electrons. The number of hydrogen-bond donors (Lipinski definition) is 2. The first-order valence-electron chi connectivity index (χ1n) is 6.32. The van der Waals surface area contributed by atoms with Crippen LogP contribution in [0, 0.1) is 0 Å². The maximum Gasteiger partial charge on any atom is 0.254 e. The van der Waals surface area contributed by atoms with Crippen LogP contribution < -0.4 is 0 Å². The van der Waals surface area contributed by atoms with Crippen LogP contribution >= 0.6 is 0 Å². The second-order valence-electron chi connectivity index (χ2n) is 4.38. The smallest absolute Gasteiger partial charge is 0.254 e. The summed E-state index contributed by atoms with van der Waals surface area (Å²) in [6, 6.07) is 7.77. The van der Waals surface area contributed by atoms with Crippen LogP contribution in [0.4, 0.5) is 0 Å². The van der Waals surface area contributed by atoms with Crippen molar-refractivity contribution >= 4 is 5.91 Å². The summed E-state index contributed by atoms with van der Waals surface area (Å²) in [6.45, 7) is 2.90. The second-order valence-corrected chi connectivity index (χ2v) is 4.38. The molecule has 0 atom stereocenters. The van der Waals surface area contributed by atoms with Crippen LogP contribution in [0.15, 0.2) is 42.7 Å². The molecule has 0 saturated heterocycles. The number of amides is 1. The van der Waals surface area contributed by atoms with Crippen LogP contribution in [0.3, 0.4) is 0 Å². The Kier molecular flexibility index (Phi) is 4.20. The molecule has 5 heteroatoms. The van der Waals surface area contributed by atoms with Crippen LogP contribution in [0.2, 0.25) is 0 Å². The number of aromatic nitrogens is 1. The van der Waals surface area contributed by atoms with Gasteiger partial charge in [-0.15, -0.1) is 0 Å². The van der Waals surface area contributed by atoms with Gasteiger partial charge in [-0.2, -0.15) is 0 Å². The quantitative estimate of drug-likeness (QED) is 0.836. The van der Waals surface area contributed by atoms with E-state index in [-0.39, 0.29) is 17.4 Å². The van der Waals surface area contributed by atoms with E-state index in [1.54, 1.807) is 17.3 Å². The van der Waals surface area contributed by atoms with E-state index in [1.165, 1.54) is 18.2 Å². The maximum absolute atomic E-state index is 12.4. The summed E-state index contributed by atoms with van der Waals surface area (Å²) in [6.07, 6.45) is 3.36. The normalized spacial score (nSPS) is 10.2. The van der Waals surface area contributed by atoms with Crippen molar-refractivity contribution in [3.05, 3.63) is 53.9 Å². The van der Waals surface area contributed by atoms with Gasteiger partial charge in [0.05, 0.1) is 0 Å². The Morgan fingerprint density at radius 1 is 1.15 bits per heavy atom. The molecule has 0 aliphatic heterocycles. The van der Waals surface area contributed by atoms with E-state index in [0.29, 0.717) is 18.7 Å². The van der Waals surface area contributed by atoms with Gasteiger partial charge in [-0.05, 0) is 42.8 Å². The minimum atomic E-state index is -0.296. The highest BCUT2D eigenvalue weighted by Gasteiger charge is 2.16. The third kappa shape index (κ3) is 3.06. The number of phenols is 2. The SMILES string of the molecule is CCN(Cc1ccncc1)C(=O)c1ccc(O)c(O)c1. The van der Waals surface area contributed by atoms with Crippen molar-refractivity contribution in [2.75, 3.05) is 6.54 Å². The highest BCUT2D eigenvalue weighted by molar-refractivity contribution is 5.94. The third-order valence-corrected chi connectivity index (χ3v) is 3.01. The lowest BCUT2D eigenvalue weighted by Gasteiger charge is -2.21. The lowest BCUT2D eigenvalue weighted by Crippen LogP contribution is -2.30. The molecule has 1 aromatic carbocycles. The van der Waals surface area contributed by atoms with Crippen LogP contribution in [0.5, 0.6) is 11.5 Å². The van der Waals surface area contributed by atoms with Gasteiger partial charge in [0.1, 0.15) is 0 Å². The first-order chi connectivity index (χ1) is 9.61. The van der Waals surface area contributed by atoms with Gasteiger partial charge in [-0.1, -0.05) is 0 Å². The predicted octanol–water partition coefficient (Wildman–Crippen LogP) is 2.16. The molecule has 104 valence electrons. The summed E-state index contributed by atoms with van der Waals surface area (Å²) in [5.74, 6) is -0.728. The molecule has 5 nitrogen and oxygen atoms in total. The molecule has 0 spiro atoms. The van der Waals surface area contributed by atoms with E-state index in [0.717, 1.165) is 5.56 Å². The Morgan fingerprint density at radius 3 is 2.45 bits per heavy atom. The fourth-order valence-electron chi connectivity index (χ4n) is 1.87. The number of benzene rings is 1. The summed E-state index contributed by atoms with van der Waals surface area (Å²) < 4.78 is 0. The highest BCUT2D eigenvalue weighted by Crippen LogP contribution is 2.25. The minimum Gasteiger partial charge on any atom is -0.504 e. The van der Waals surface area contributed by atoms with Crippen molar-refractivity contribution in [3.8, 4) is 11.5 Å². The average Bonchev–Trinajstić information content (AvgIpc) is 2.48. The van der Waals surface area contributed by atoms with Crippen molar-refractivity contribution in [2.24, 2.45) is 0 Å². The van der Waals surface area contributed by atoms with Gasteiger partial charge in [0, 0.05) is 31.0 Å². The Morgan fingerprint density at radius 2 is 1.85 bits per heavy atom. The zero-order chi connectivity index (χ0) is 14.5. The van der Waals surface area contributed by atoms with Crippen molar-refractivity contribution in [1.82, 2.24) is 9.88 Å². The summed E-state index contributed by atoms with van der Waals surface area (Å²) in [7, 11) is 0. The minimum absolute atomic E-state index is 0.195. The Bertz CT molecular complexity index is 599. The van der Waals surface area contributed by atoms with E-state index in [2.05, 4.69) is 4.98 Å². The molecule has 20 heavy (non-hydrogen) atoms. The lowest BCUT2D eigenvalue weighted by atomic mass is 10.1. The molecule has 2 rings (SSSR count). The van der Waals surface area contributed by atoms with Crippen LogP contribution in [0.25, 0.3) is 0 Å². The Hall–Kier alpha value is -2.56. The van der Waals surface area contributed by atoms with Crippen molar-refractivity contribution in [1.29, 1.82) is 0 Å². The van der Waals surface area contributed by atoms with Crippen LogP contribution in [0.1, 0.15) is 22.8 Å². The van der Waals surface area contributed by atoms with Crippen molar-refractivity contribution in [3.63, 3.8) is 0 Å². The van der Waals surface area contributed by atoms with Gasteiger partial charge >= 0.3 is 0 Å². The summed E-state index contributed by atoms with van der Waals surface area (Å²) in [5, 5.41) is 18.7. The topological polar surface area (TPSA) is 73.7 Å². The first kappa shape index (κ1) is 13.9. The predicted molar refractivity (Wildman–Crippen MR) is 74.4 cm³/mol. The van der Waals surface area contributed by atoms with E-state index in [9.17, 15) is 15.0 Å². The van der Waals surface area contributed by atoms with E-state index >= 15 is 0 Å². The highest BCUT2D eigenvalue weighted by atomic mass is 16.3. The number of nitrogens with zero attached hydrogens (tertiary/aromatic N) is 2. The number of hydrogen-bond acceptors (Lipinski definition) is 4. The monoisotopic (exact) mass is 272 g/mol. The molecular weight excluding hydrogens is 256 g/mol. The van der Waals surface area contributed by atoms with Crippen LogP contribution in [-0.2, 0) is 6.54 Å². The summed E-state index contributed by atoms with van der Waals surface area (Å²) >= 11 is 0. The Labute approximate surface area is 117 Å². The molecule has 0 aliphatic rings.